The Bertz CT molecular complexity index is 571. The topological polar surface area (TPSA) is 75.5 Å². The molecule has 0 spiro atoms. The van der Waals surface area contributed by atoms with Gasteiger partial charge in [0.05, 0.1) is 10.5 Å². The Hall–Kier alpha value is -1.22. The van der Waals surface area contributed by atoms with Gasteiger partial charge < -0.3 is 10.2 Å². The van der Waals surface area contributed by atoms with E-state index in [1.165, 1.54) is 18.6 Å². The molecule has 1 aliphatic carbocycles. The first-order valence-corrected chi connectivity index (χ1v) is 7.83. The molecule has 1 saturated carbocycles. The average Bonchev–Trinajstić information content (AvgIpc) is 2.36. The van der Waals surface area contributed by atoms with Crippen LogP contribution in [0.1, 0.15) is 29.6 Å². The standard InChI is InChI=1S/C14H18IN3O3/c1-17(2)14(6-3-7-14)9-16-13(19)11-8-10(18(20)21)4-5-12(11)15/h4-5,8H,3,6-7,9H2,1-2H3,(H,16,19). The maximum atomic E-state index is 12.3. The summed E-state index contributed by atoms with van der Waals surface area (Å²) in [5, 5.41) is 13.7. The monoisotopic (exact) mass is 403 g/mol. The van der Waals surface area contributed by atoms with Gasteiger partial charge in [-0.3, -0.25) is 14.9 Å². The lowest BCUT2D eigenvalue weighted by Crippen LogP contribution is -2.57. The molecular formula is C14H18IN3O3. The zero-order valence-corrected chi connectivity index (χ0v) is 14.2. The molecule has 0 unspecified atom stereocenters. The molecule has 1 aliphatic rings. The van der Waals surface area contributed by atoms with Gasteiger partial charge >= 0.3 is 0 Å². The number of nitrogens with one attached hydrogen (secondary N) is 1. The molecular weight excluding hydrogens is 385 g/mol. The molecule has 1 aromatic rings. The highest BCUT2D eigenvalue weighted by Gasteiger charge is 2.39. The van der Waals surface area contributed by atoms with Crippen molar-refractivity contribution < 1.29 is 9.72 Å². The molecule has 1 amide bonds. The Kier molecular flexibility index (Phi) is 4.82. The SMILES string of the molecule is CN(C)C1(CNC(=O)c2cc([N+](=O)[O-])ccc2I)CCC1. The first-order chi connectivity index (χ1) is 9.85. The fourth-order valence-electron chi connectivity index (χ4n) is 2.51. The Morgan fingerprint density at radius 3 is 2.62 bits per heavy atom. The van der Waals surface area contributed by atoms with Crippen molar-refractivity contribution in [1.29, 1.82) is 0 Å². The molecule has 1 N–H and O–H groups in total. The largest absolute Gasteiger partial charge is 0.350 e. The minimum Gasteiger partial charge on any atom is -0.350 e. The smallest absolute Gasteiger partial charge is 0.270 e. The van der Waals surface area contributed by atoms with Crippen molar-refractivity contribution in [3.63, 3.8) is 0 Å². The maximum absolute atomic E-state index is 12.3. The Labute approximate surface area is 137 Å². The second-order valence-electron chi connectivity index (χ2n) is 5.58. The van der Waals surface area contributed by atoms with E-state index in [0.717, 1.165) is 12.8 Å². The highest BCUT2D eigenvalue weighted by atomic mass is 127. The van der Waals surface area contributed by atoms with E-state index in [4.69, 9.17) is 0 Å². The molecule has 1 fully saturated rings. The van der Waals surface area contributed by atoms with Crippen LogP contribution in [-0.2, 0) is 0 Å². The van der Waals surface area contributed by atoms with Gasteiger partial charge in [-0.2, -0.15) is 0 Å². The molecule has 0 aliphatic heterocycles. The minimum atomic E-state index is -0.486. The molecule has 1 aromatic carbocycles. The minimum absolute atomic E-state index is 0.0296. The van der Waals surface area contributed by atoms with Gasteiger partial charge in [-0.15, -0.1) is 0 Å². The van der Waals surface area contributed by atoms with Crippen LogP contribution in [0, 0.1) is 13.7 Å². The first-order valence-electron chi connectivity index (χ1n) is 6.75. The van der Waals surface area contributed by atoms with Gasteiger partial charge in [0.2, 0.25) is 0 Å². The third-order valence-corrected chi connectivity index (χ3v) is 5.16. The summed E-state index contributed by atoms with van der Waals surface area (Å²) in [6.45, 7) is 0.567. The number of rotatable bonds is 5. The van der Waals surface area contributed by atoms with Crippen LogP contribution in [0.2, 0.25) is 0 Å². The number of hydrogen-bond acceptors (Lipinski definition) is 4. The highest BCUT2D eigenvalue weighted by molar-refractivity contribution is 14.1. The van der Waals surface area contributed by atoms with Gasteiger partial charge in [-0.1, -0.05) is 0 Å². The molecule has 21 heavy (non-hydrogen) atoms. The lowest BCUT2D eigenvalue weighted by atomic mass is 9.75. The molecule has 0 atom stereocenters. The van der Waals surface area contributed by atoms with Gasteiger partial charge in [0.15, 0.2) is 0 Å². The summed E-state index contributed by atoms with van der Waals surface area (Å²) < 4.78 is 0.711. The van der Waals surface area contributed by atoms with Crippen molar-refractivity contribution in [3.05, 3.63) is 37.4 Å². The van der Waals surface area contributed by atoms with E-state index in [0.29, 0.717) is 15.7 Å². The predicted molar refractivity (Wildman–Crippen MR) is 88.4 cm³/mol. The van der Waals surface area contributed by atoms with E-state index in [1.807, 2.05) is 36.7 Å². The summed E-state index contributed by atoms with van der Waals surface area (Å²) in [5.41, 5.74) is 0.325. The second-order valence-corrected chi connectivity index (χ2v) is 6.74. The highest BCUT2D eigenvalue weighted by Crippen LogP contribution is 2.35. The number of hydrogen-bond donors (Lipinski definition) is 1. The summed E-state index contributed by atoms with van der Waals surface area (Å²) in [7, 11) is 4.03. The van der Waals surface area contributed by atoms with E-state index in [9.17, 15) is 14.9 Å². The van der Waals surface area contributed by atoms with Crippen molar-refractivity contribution in [2.24, 2.45) is 0 Å². The number of nitro groups is 1. The zero-order chi connectivity index (χ0) is 15.6. The van der Waals surface area contributed by atoms with E-state index in [1.54, 1.807) is 6.07 Å². The Morgan fingerprint density at radius 1 is 1.48 bits per heavy atom. The van der Waals surface area contributed by atoms with Crippen LogP contribution in [0.25, 0.3) is 0 Å². The third-order valence-electron chi connectivity index (χ3n) is 4.22. The van der Waals surface area contributed by atoms with Crippen LogP contribution >= 0.6 is 22.6 Å². The van der Waals surface area contributed by atoms with Crippen LogP contribution < -0.4 is 5.32 Å². The van der Waals surface area contributed by atoms with Crippen LogP contribution in [-0.4, -0.2) is 41.9 Å². The number of nitro benzene ring substituents is 1. The van der Waals surface area contributed by atoms with Gasteiger partial charge in [0.25, 0.3) is 11.6 Å². The van der Waals surface area contributed by atoms with Crippen molar-refractivity contribution in [1.82, 2.24) is 10.2 Å². The van der Waals surface area contributed by atoms with Crippen molar-refractivity contribution >= 4 is 34.2 Å². The van der Waals surface area contributed by atoms with E-state index in [-0.39, 0.29) is 17.1 Å². The lowest BCUT2D eigenvalue weighted by Gasteiger charge is -2.47. The summed E-state index contributed by atoms with van der Waals surface area (Å²) >= 11 is 2.02. The number of likely N-dealkylation sites (N-methyl/N-ethyl adjacent to an activating group) is 1. The first kappa shape index (κ1) is 16.2. The number of nitrogens with zero attached hydrogens (tertiary/aromatic N) is 2. The molecule has 0 saturated heterocycles. The number of amides is 1. The van der Waals surface area contributed by atoms with Crippen molar-refractivity contribution in [2.45, 2.75) is 24.8 Å². The van der Waals surface area contributed by atoms with Gasteiger partial charge in [0.1, 0.15) is 0 Å². The summed E-state index contributed by atoms with van der Waals surface area (Å²) in [6, 6.07) is 4.34. The number of benzene rings is 1. The van der Waals surface area contributed by atoms with E-state index < -0.39 is 4.92 Å². The van der Waals surface area contributed by atoms with Gasteiger partial charge in [-0.25, -0.2) is 0 Å². The summed E-state index contributed by atoms with van der Waals surface area (Å²) in [6.07, 6.45) is 3.29. The molecule has 2 rings (SSSR count). The second kappa shape index (κ2) is 6.27. The van der Waals surface area contributed by atoms with E-state index in [2.05, 4.69) is 10.2 Å². The number of carbonyl (C=O) groups is 1. The van der Waals surface area contributed by atoms with Crippen LogP contribution in [0.5, 0.6) is 0 Å². The summed E-state index contributed by atoms with van der Waals surface area (Å²) in [4.78, 5) is 24.8. The molecule has 0 radical (unpaired) electrons. The number of halogens is 1. The van der Waals surface area contributed by atoms with Crippen LogP contribution in [0.15, 0.2) is 18.2 Å². The fraction of sp³-hybridized carbons (Fsp3) is 0.500. The lowest BCUT2D eigenvalue weighted by molar-refractivity contribution is -0.384. The molecule has 0 aromatic heterocycles. The number of non-ortho nitro benzene ring substituents is 1. The van der Waals surface area contributed by atoms with Gasteiger partial charge in [0, 0.05) is 27.8 Å². The normalized spacial score (nSPS) is 16.4. The van der Waals surface area contributed by atoms with Crippen LogP contribution in [0.3, 0.4) is 0 Å². The summed E-state index contributed by atoms with van der Waals surface area (Å²) in [5.74, 6) is -0.253. The number of carbonyl (C=O) groups excluding carboxylic acids is 1. The van der Waals surface area contributed by atoms with Crippen molar-refractivity contribution in [2.75, 3.05) is 20.6 Å². The zero-order valence-electron chi connectivity index (χ0n) is 12.1. The third kappa shape index (κ3) is 3.34. The van der Waals surface area contributed by atoms with E-state index >= 15 is 0 Å². The Balaban J connectivity index is 2.10. The molecule has 114 valence electrons. The quantitative estimate of drug-likeness (QED) is 0.466. The average molecular weight is 403 g/mol. The molecule has 0 bridgehead atoms. The predicted octanol–water partition coefficient (Wildman–Crippen LogP) is 2.41. The Morgan fingerprint density at radius 2 is 2.14 bits per heavy atom. The maximum Gasteiger partial charge on any atom is 0.270 e. The van der Waals surface area contributed by atoms with Crippen LogP contribution in [0.4, 0.5) is 5.69 Å². The van der Waals surface area contributed by atoms with Gasteiger partial charge in [-0.05, 0) is 62.0 Å². The van der Waals surface area contributed by atoms with Crippen molar-refractivity contribution in [3.8, 4) is 0 Å². The molecule has 6 nitrogen and oxygen atoms in total. The molecule has 0 heterocycles. The molecule has 7 heteroatoms. The fourth-order valence-corrected chi connectivity index (χ4v) is 3.09.